The average Bonchev–Trinajstić information content (AvgIpc) is 2.62. The molecule has 9 heteroatoms. The fourth-order valence-electron chi connectivity index (χ4n) is 2.08. The number of anilines is 2. The molecular weight excluding hydrogens is 365 g/mol. The number of nitrogens with one attached hydrogen (secondary N) is 2. The van der Waals surface area contributed by atoms with Gasteiger partial charge in [0.2, 0.25) is 0 Å². The number of esters is 1. The lowest BCUT2D eigenvalue weighted by Crippen LogP contribution is -2.25. The molecule has 0 spiro atoms. The Labute approximate surface area is 152 Å². The number of para-hydroxylation sites is 2. The van der Waals surface area contributed by atoms with Gasteiger partial charge in [0.05, 0.1) is 23.5 Å². The SMILES string of the molecule is CCOC(=O)C(=O)Nc1ccccc1NC(=O)c1ccc(C(F)(F)F)cc1. The maximum Gasteiger partial charge on any atom is 0.416 e. The molecule has 6 nitrogen and oxygen atoms in total. The summed E-state index contributed by atoms with van der Waals surface area (Å²) < 4.78 is 42.3. The monoisotopic (exact) mass is 380 g/mol. The Morgan fingerprint density at radius 2 is 1.48 bits per heavy atom. The second-order valence-corrected chi connectivity index (χ2v) is 5.25. The van der Waals surface area contributed by atoms with Crippen molar-refractivity contribution in [1.29, 1.82) is 0 Å². The summed E-state index contributed by atoms with van der Waals surface area (Å²) in [4.78, 5) is 35.4. The second-order valence-electron chi connectivity index (χ2n) is 5.25. The van der Waals surface area contributed by atoms with Crippen LogP contribution in [0.5, 0.6) is 0 Å². The molecule has 0 unspecified atom stereocenters. The van der Waals surface area contributed by atoms with Crippen molar-refractivity contribution in [1.82, 2.24) is 0 Å². The summed E-state index contributed by atoms with van der Waals surface area (Å²) in [7, 11) is 0. The highest BCUT2D eigenvalue weighted by Crippen LogP contribution is 2.29. The van der Waals surface area contributed by atoms with Crippen molar-refractivity contribution in [2.75, 3.05) is 17.2 Å². The molecule has 142 valence electrons. The number of carbonyl (C=O) groups is 3. The Morgan fingerprint density at radius 1 is 0.926 bits per heavy atom. The molecule has 0 aliphatic heterocycles. The van der Waals surface area contributed by atoms with Gasteiger partial charge in [-0.1, -0.05) is 12.1 Å². The van der Waals surface area contributed by atoms with Gasteiger partial charge in [-0.15, -0.1) is 0 Å². The summed E-state index contributed by atoms with van der Waals surface area (Å²) in [6.07, 6.45) is -4.50. The third-order valence-corrected chi connectivity index (χ3v) is 3.36. The van der Waals surface area contributed by atoms with Gasteiger partial charge >= 0.3 is 18.1 Å². The Morgan fingerprint density at radius 3 is 2.00 bits per heavy atom. The van der Waals surface area contributed by atoms with Crippen LogP contribution in [0, 0.1) is 0 Å². The molecule has 0 fully saturated rings. The standard InChI is InChI=1S/C18H15F3N2O4/c1-2-27-17(26)16(25)23-14-6-4-3-5-13(14)22-15(24)11-7-9-12(10-8-11)18(19,20)21/h3-10H,2H2,1H3,(H,22,24)(H,23,25). The molecule has 0 atom stereocenters. The third-order valence-electron chi connectivity index (χ3n) is 3.36. The van der Waals surface area contributed by atoms with Gasteiger partial charge in [0.15, 0.2) is 0 Å². The van der Waals surface area contributed by atoms with Gasteiger partial charge in [-0.05, 0) is 43.3 Å². The average molecular weight is 380 g/mol. The van der Waals surface area contributed by atoms with Crippen molar-refractivity contribution in [2.45, 2.75) is 13.1 Å². The molecule has 0 saturated carbocycles. The largest absolute Gasteiger partial charge is 0.459 e. The first kappa shape index (κ1) is 20.0. The molecule has 2 amide bonds. The minimum atomic E-state index is -4.50. The molecule has 0 heterocycles. The third kappa shape index (κ3) is 5.30. The van der Waals surface area contributed by atoms with Gasteiger partial charge in [-0.25, -0.2) is 4.79 Å². The normalized spacial score (nSPS) is 10.8. The lowest BCUT2D eigenvalue weighted by Gasteiger charge is -2.12. The van der Waals surface area contributed by atoms with Crippen molar-refractivity contribution in [2.24, 2.45) is 0 Å². The van der Waals surface area contributed by atoms with Crippen LogP contribution in [0.1, 0.15) is 22.8 Å². The summed E-state index contributed by atoms with van der Waals surface area (Å²) in [5.74, 6) is -2.78. The number of ether oxygens (including phenoxy) is 1. The fraction of sp³-hybridized carbons (Fsp3) is 0.167. The number of amides is 2. The minimum Gasteiger partial charge on any atom is -0.459 e. The van der Waals surface area contributed by atoms with Crippen molar-refractivity contribution in [3.05, 3.63) is 59.7 Å². The van der Waals surface area contributed by atoms with Crippen LogP contribution >= 0.6 is 0 Å². The Balaban J connectivity index is 2.14. The van der Waals surface area contributed by atoms with Gasteiger partial charge in [0.25, 0.3) is 5.91 Å². The fourth-order valence-corrected chi connectivity index (χ4v) is 2.08. The van der Waals surface area contributed by atoms with Crippen molar-refractivity contribution in [3.63, 3.8) is 0 Å². The van der Waals surface area contributed by atoms with Crippen molar-refractivity contribution in [3.8, 4) is 0 Å². The Hall–Kier alpha value is -3.36. The van der Waals surface area contributed by atoms with E-state index in [0.717, 1.165) is 24.3 Å². The molecule has 2 aromatic rings. The van der Waals surface area contributed by atoms with E-state index in [2.05, 4.69) is 15.4 Å². The number of rotatable bonds is 4. The summed E-state index contributed by atoms with van der Waals surface area (Å²) in [6, 6.07) is 9.71. The topological polar surface area (TPSA) is 84.5 Å². The quantitative estimate of drug-likeness (QED) is 0.629. The number of hydrogen-bond donors (Lipinski definition) is 2. The molecule has 0 radical (unpaired) electrons. The van der Waals surface area contributed by atoms with Crippen LogP contribution in [-0.2, 0) is 20.5 Å². The highest BCUT2D eigenvalue weighted by molar-refractivity contribution is 6.37. The van der Waals surface area contributed by atoms with Crippen LogP contribution in [0.15, 0.2) is 48.5 Å². The first-order chi connectivity index (χ1) is 12.7. The zero-order valence-electron chi connectivity index (χ0n) is 14.1. The van der Waals surface area contributed by atoms with Crippen molar-refractivity contribution < 1.29 is 32.3 Å². The van der Waals surface area contributed by atoms with E-state index in [0.29, 0.717) is 0 Å². The number of hydrogen-bond acceptors (Lipinski definition) is 4. The van der Waals surface area contributed by atoms with Gasteiger partial charge in [0, 0.05) is 5.56 Å². The Bertz CT molecular complexity index is 848. The second kappa shape index (κ2) is 8.35. The van der Waals surface area contributed by atoms with Gasteiger partial charge < -0.3 is 15.4 Å². The van der Waals surface area contributed by atoms with Gasteiger partial charge in [0.1, 0.15) is 0 Å². The molecule has 0 aromatic heterocycles. The van der Waals surface area contributed by atoms with E-state index in [4.69, 9.17) is 0 Å². The molecule has 2 aromatic carbocycles. The molecule has 0 aliphatic rings. The van der Waals surface area contributed by atoms with E-state index in [1.807, 2.05) is 0 Å². The first-order valence-corrected chi connectivity index (χ1v) is 7.78. The predicted molar refractivity (Wildman–Crippen MR) is 91.1 cm³/mol. The maximum atomic E-state index is 12.6. The highest BCUT2D eigenvalue weighted by atomic mass is 19.4. The highest BCUT2D eigenvalue weighted by Gasteiger charge is 2.30. The smallest absolute Gasteiger partial charge is 0.416 e. The van der Waals surface area contributed by atoms with Crippen LogP contribution in [0.25, 0.3) is 0 Å². The number of carbonyl (C=O) groups excluding carboxylic acids is 3. The summed E-state index contributed by atoms with van der Waals surface area (Å²) in [5, 5.41) is 4.78. The summed E-state index contributed by atoms with van der Waals surface area (Å²) >= 11 is 0. The number of alkyl halides is 3. The van der Waals surface area contributed by atoms with Crippen LogP contribution < -0.4 is 10.6 Å². The van der Waals surface area contributed by atoms with E-state index in [9.17, 15) is 27.6 Å². The molecule has 2 N–H and O–H groups in total. The molecule has 0 saturated heterocycles. The summed E-state index contributed by atoms with van der Waals surface area (Å²) in [6.45, 7) is 1.57. The van der Waals surface area contributed by atoms with E-state index >= 15 is 0 Å². The Kier molecular flexibility index (Phi) is 6.17. The van der Waals surface area contributed by atoms with Crippen LogP contribution in [0.4, 0.5) is 24.5 Å². The van der Waals surface area contributed by atoms with Gasteiger partial charge in [-0.2, -0.15) is 13.2 Å². The molecule has 27 heavy (non-hydrogen) atoms. The molecule has 0 bridgehead atoms. The van der Waals surface area contributed by atoms with Gasteiger partial charge in [-0.3, -0.25) is 9.59 Å². The van der Waals surface area contributed by atoms with Crippen LogP contribution in [0.3, 0.4) is 0 Å². The minimum absolute atomic E-state index is 0.00507. The molecular formula is C18H15F3N2O4. The van der Waals surface area contributed by atoms with E-state index in [-0.39, 0.29) is 23.5 Å². The zero-order chi connectivity index (χ0) is 20.0. The number of benzene rings is 2. The summed E-state index contributed by atoms with van der Waals surface area (Å²) in [5.41, 5.74) is -0.577. The van der Waals surface area contributed by atoms with E-state index < -0.39 is 29.5 Å². The zero-order valence-corrected chi connectivity index (χ0v) is 14.1. The number of halogens is 3. The molecule has 0 aliphatic carbocycles. The predicted octanol–water partition coefficient (Wildman–Crippen LogP) is 3.46. The van der Waals surface area contributed by atoms with E-state index in [1.54, 1.807) is 19.1 Å². The van der Waals surface area contributed by atoms with E-state index in [1.165, 1.54) is 12.1 Å². The lowest BCUT2D eigenvalue weighted by molar-refractivity contribution is -0.152. The van der Waals surface area contributed by atoms with Crippen LogP contribution in [-0.4, -0.2) is 24.4 Å². The van der Waals surface area contributed by atoms with Crippen molar-refractivity contribution >= 4 is 29.2 Å². The molecule has 2 rings (SSSR count). The maximum absolute atomic E-state index is 12.6. The van der Waals surface area contributed by atoms with Crippen LogP contribution in [0.2, 0.25) is 0 Å². The first-order valence-electron chi connectivity index (χ1n) is 7.78. The lowest BCUT2D eigenvalue weighted by atomic mass is 10.1.